The molecule has 0 aromatic heterocycles. The first-order chi connectivity index (χ1) is 11.6. The van der Waals surface area contributed by atoms with Crippen molar-refractivity contribution >= 4 is 40.3 Å². The minimum atomic E-state index is -0.716. The summed E-state index contributed by atoms with van der Waals surface area (Å²) < 4.78 is 8.37. The summed E-state index contributed by atoms with van der Waals surface area (Å²) in [5.41, 5.74) is 1.45. The number of carboxylic acid groups (broad SMARTS) is 1. The molecule has 2 atom stereocenters. The molecule has 2 N–H and O–H groups in total. The zero-order valence-electron chi connectivity index (χ0n) is 13.1. The van der Waals surface area contributed by atoms with Crippen LogP contribution in [0.4, 0.5) is 17.1 Å². The Hall–Kier alpha value is -2.06. The number of aliphatic carboxylic acids is 1. The first-order valence-corrected chi connectivity index (χ1v) is 8.78. The van der Waals surface area contributed by atoms with Gasteiger partial charge in [0.2, 0.25) is 5.91 Å². The van der Waals surface area contributed by atoms with E-state index < -0.39 is 11.4 Å². The summed E-state index contributed by atoms with van der Waals surface area (Å²) in [4.78, 5) is 26.1. The predicted molar refractivity (Wildman–Crippen MR) is 90.5 cm³/mol. The molecule has 1 saturated carbocycles. The van der Waals surface area contributed by atoms with Crippen molar-refractivity contribution in [2.24, 2.45) is 20.1 Å². The van der Waals surface area contributed by atoms with Gasteiger partial charge in [0.25, 0.3) is 0 Å². The number of benzene rings is 1. The van der Waals surface area contributed by atoms with E-state index >= 15 is 0 Å². The van der Waals surface area contributed by atoms with E-state index in [1.54, 1.807) is 6.07 Å². The lowest BCUT2D eigenvalue weighted by Gasteiger charge is -2.23. The molecular weight excluding hydrogens is 328 g/mol. The van der Waals surface area contributed by atoms with Crippen LogP contribution in [0.1, 0.15) is 19.3 Å². The molecule has 3 aliphatic rings. The lowest BCUT2D eigenvalue weighted by atomic mass is 9.81. The Labute approximate surface area is 142 Å². The molecule has 1 aliphatic carbocycles. The molecule has 2 heterocycles. The fraction of sp³-hybridized carbons (Fsp3) is 0.500. The normalized spacial score (nSPS) is 27.6. The summed E-state index contributed by atoms with van der Waals surface area (Å²) in [6.07, 6.45) is 2.62. The molecule has 1 aromatic carbocycles. The Morgan fingerprint density at radius 1 is 1.42 bits per heavy atom. The summed E-state index contributed by atoms with van der Waals surface area (Å²) in [6, 6.07) is 5.49. The number of nitrogens with zero attached hydrogens (tertiary/aromatic N) is 3. The molecule has 7 nitrogen and oxygen atoms in total. The van der Waals surface area contributed by atoms with E-state index in [0.717, 1.165) is 36.3 Å². The first kappa shape index (κ1) is 15.5. The van der Waals surface area contributed by atoms with Crippen LogP contribution in [-0.2, 0) is 20.9 Å². The molecule has 1 amide bonds. The van der Waals surface area contributed by atoms with E-state index in [1.807, 2.05) is 17.0 Å². The molecule has 24 heavy (non-hydrogen) atoms. The third kappa shape index (κ3) is 2.46. The number of hydrogen-bond acceptors (Lipinski definition) is 5. The molecule has 4 rings (SSSR count). The highest BCUT2D eigenvalue weighted by atomic mass is 32.1. The number of rotatable bonds is 4. The Bertz CT molecular complexity index is 790. The number of carbonyl (C=O) groups is 2. The van der Waals surface area contributed by atoms with Crippen LogP contribution in [0.3, 0.4) is 0 Å². The van der Waals surface area contributed by atoms with Gasteiger partial charge in [0.15, 0.2) is 0 Å². The van der Waals surface area contributed by atoms with Crippen LogP contribution in [0.25, 0.3) is 0 Å². The fourth-order valence-electron chi connectivity index (χ4n) is 4.16. The van der Waals surface area contributed by atoms with Gasteiger partial charge in [-0.2, -0.15) is 8.73 Å². The van der Waals surface area contributed by atoms with Crippen molar-refractivity contribution in [3.05, 3.63) is 18.2 Å². The number of carbonyl (C=O) groups excluding carboxylic acids is 1. The Morgan fingerprint density at radius 2 is 2.29 bits per heavy atom. The number of likely N-dealkylation sites (tertiary alicyclic amines) is 1. The Morgan fingerprint density at radius 3 is 3.08 bits per heavy atom. The maximum absolute atomic E-state index is 12.4. The lowest BCUT2D eigenvalue weighted by molar-refractivity contribution is -0.149. The van der Waals surface area contributed by atoms with Gasteiger partial charge in [-0.3, -0.25) is 14.5 Å². The van der Waals surface area contributed by atoms with Gasteiger partial charge in [-0.1, -0.05) is 12.5 Å². The Kier molecular flexibility index (Phi) is 3.73. The molecule has 0 radical (unpaired) electrons. The number of hydrogen-bond donors (Lipinski definition) is 2. The highest BCUT2D eigenvalue weighted by molar-refractivity contribution is 7.58. The van der Waals surface area contributed by atoms with E-state index in [4.69, 9.17) is 0 Å². The summed E-state index contributed by atoms with van der Waals surface area (Å²) in [6.45, 7) is 1.35. The second-order valence-corrected chi connectivity index (χ2v) is 7.23. The van der Waals surface area contributed by atoms with Crippen molar-refractivity contribution in [3.63, 3.8) is 0 Å². The van der Waals surface area contributed by atoms with Crippen molar-refractivity contribution in [2.75, 3.05) is 25.0 Å². The number of amides is 1. The minimum absolute atomic E-state index is 0.143. The van der Waals surface area contributed by atoms with E-state index in [2.05, 4.69) is 14.0 Å². The van der Waals surface area contributed by atoms with Crippen molar-refractivity contribution in [3.8, 4) is 0 Å². The van der Waals surface area contributed by atoms with E-state index in [9.17, 15) is 14.7 Å². The van der Waals surface area contributed by atoms with Crippen LogP contribution >= 0.6 is 0 Å². The summed E-state index contributed by atoms with van der Waals surface area (Å²) in [5.74, 6) is -0.698. The topological polar surface area (TPSA) is 94.4 Å². The van der Waals surface area contributed by atoms with Crippen LogP contribution in [0.5, 0.6) is 0 Å². The highest BCUT2D eigenvalue weighted by Crippen LogP contribution is 2.48. The maximum atomic E-state index is 12.4. The molecule has 126 valence electrons. The molecule has 0 spiro atoms. The van der Waals surface area contributed by atoms with Gasteiger partial charge in [-0.15, -0.1) is 0 Å². The van der Waals surface area contributed by atoms with Crippen LogP contribution in [0.15, 0.2) is 26.9 Å². The molecule has 0 bridgehead atoms. The quantitative estimate of drug-likeness (QED) is 0.889. The van der Waals surface area contributed by atoms with Gasteiger partial charge >= 0.3 is 5.97 Å². The monoisotopic (exact) mass is 346 g/mol. The van der Waals surface area contributed by atoms with Crippen LogP contribution in [-0.4, -0.2) is 41.5 Å². The standard InChI is InChI=1S/C16H18N4O3S/c21-13(17-11-4-1-5-12-14(11)19-24-18-12)8-20-7-10-3-2-6-16(10,9-20)15(22)23/h1,4-5,10H,2-3,6-9H2,(H,17,21)(H,22,23)/t10-,16+/m0/s1. The van der Waals surface area contributed by atoms with Gasteiger partial charge in [-0.05, 0) is 30.9 Å². The SMILES string of the molecule is O=C(CN1C[C@@H]2CCC[C@@]2(C(=O)O)C1)Nc1cccc2c1N=S=N2. The largest absolute Gasteiger partial charge is 0.481 e. The Balaban J connectivity index is 1.42. The van der Waals surface area contributed by atoms with Crippen molar-refractivity contribution in [2.45, 2.75) is 19.3 Å². The smallest absolute Gasteiger partial charge is 0.311 e. The molecule has 2 fully saturated rings. The number of nitrogens with one attached hydrogen (secondary N) is 1. The van der Waals surface area contributed by atoms with E-state index in [-0.39, 0.29) is 18.4 Å². The van der Waals surface area contributed by atoms with E-state index in [1.165, 1.54) is 0 Å². The molecule has 1 saturated heterocycles. The fourth-order valence-corrected chi connectivity index (χ4v) is 4.71. The summed E-state index contributed by atoms with van der Waals surface area (Å²) in [5, 5.41) is 12.5. The minimum Gasteiger partial charge on any atom is -0.481 e. The molecule has 1 aromatic rings. The first-order valence-electron chi connectivity index (χ1n) is 8.05. The molecule has 8 heteroatoms. The van der Waals surface area contributed by atoms with Crippen molar-refractivity contribution < 1.29 is 14.7 Å². The zero-order chi connectivity index (χ0) is 16.7. The second kappa shape index (κ2) is 5.78. The molecule has 0 unspecified atom stereocenters. The second-order valence-electron chi connectivity index (χ2n) is 6.71. The molecular formula is C16H18N4O3S. The lowest BCUT2D eigenvalue weighted by Crippen LogP contribution is -2.37. The number of anilines is 1. The third-order valence-electron chi connectivity index (χ3n) is 5.29. The average Bonchev–Trinajstić information content (AvgIpc) is 3.20. The van der Waals surface area contributed by atoms with Gasteiger partial charge in [-0.25, -0.2) is 0 Å². The van der Waals surface area contributed by atoms with Gasteiger partial charge in [0.05, 0.1) is 29.0 Å². The van der Waals surface area contributed by atoms with E-state index in [0.29, 0.717) is 24.5 Å². The predicted octanol–water partition coefficient (Wildman–Crippen LogP) is 2.54. The number of carboxylic acids is 1. The van der Waals surface area contributed by atoms with Crippen molar-refractivity contribution in [1.29, 1.82) is 0 Å². The van der Waals surface area contributed by atoms with Crippen molar-refractivity contribution in [1.82, 2.24) is 4.90 Å². The zero-order valence-corrected chi connectivity index (χ0v) is 13.9. The van der Waals surface area contributed by atoms with Crippen LogP contribution in [0, 0.1) is 11.3 Å². The van der Waals surface area contributed by atoms with Crippen LogP contribution < -0.4 is 5.32 Å². The maximum Gasteiger partial charge on any atom is 0.311 e. The molecule has 2 aliphatic heterocycles. The van der Waals surface area contributed by atoms with Crippen LogP contribution in [0.2, 0.25) is 0 Å². The highest BCUT2D eigenvalue weighted by Gasteiger charge is 2.54. The number of fused-ring (bicyclic) bond motifs is 2. The van der Waals surface area contributed by atoms with Gasteiger partial charge in [0.1, 0.15) is 11.4 Å². The third-order valence-corrected chi connectivity index (χ3v) is 5.84. The summed E-state index contributed by atoms with van der Waals surface area (Å²) in [7, 11) is 0. The van der Waals surface area contributed by atoms with Gasteiger partial charge in [0, 0.05) is 13.1 Å². The average molecular weight is 346 g/mol. The summed E-state index contributed by atoms with van der Waals surface area (Å²) >= 11 is 1.11. The van der Waals surface area contributed by atoms with Gasteiger partial charge < -0.3 is 10.4 Å².